The number of phenols is 1. The molecule has 4 heterocycles. The highest BCUT2D eigenvalue weighted by Crippen LogP contribution is 2.44. The van der Waals surface area contributed by atoms with Crippen LogP contribution in [0, 0.1) is 5.92 Å². The van der Waals surface area contributed by atoms with E-state index in [0.29, 0.717) is 17.9 Å². The lowest BCUT2D eigenvalue weighted by molar-refractivity contribution is -0.0750. The molecular formula is C23H27FN6O2. The average Bonchev–Trinajstić information content (AvgIpc) is 3.26. The maximum absolute atomic E-state index is 15.4. The second-order valence-electron chi connectivity index (χ2n) is 9.67. The summed E-state index contributed by atoms with van der Waals surface area (Å²) in [6.45, 7) is 6.24. The van der Waals surface area contributed by atoms with E-state index >= 15 is 4.39 Å². The average molecular weight is 439 g/mol. The van der Waals surface area contributed by atoms with E-state index in [1.807, 2.05) is 13.0 Å². The van der Waals surface area contributed by atoms with Crippen LogP contribution in [0.5, 0.6) is 11.6 Å². The zero-order valence-electron chi connectivity index (χ0n) is 18.4. The van der Waals surface area contributed by atoms with E-state index in [1.54, 1.807) is 35.4 Å². The van der Waals surface area contributed by atoms with Crippen LogP contribution in [0.1, 0.15) is 40.0 Å². The zero-order chi connectivity index (χ0) is 22.5. The minimum Gasteiger partial charge on any atom is -0.507 e. The molecule has 5 rings (SSSR count). The number of halogens is 1. The molecule has 2 aromatic heterocycles. The molecule has 3 aromatic rings. The summed E-state index contributed by atoms with van der Waals surface area (Å²) in [6, 6.07) is 5.15. The number of hydrogen-bond acceptors (Lipinski definition) is 7. The molecule has 8 nitrogen and oxygen atoms in total. The van der Waals surface area contributed by atoms with Crippen molar-refractivity contribution in [1.29, 1.82) is 0 Å². The van der Waals surface area contributed by atoms with Gasteiger partial charge in [0.2, 0.25) is 0 Å². The molecule has 1 aromatic carbocycles. The fraction of sp³-hybridized carbons (Fsp3) is 0.478. The predicted molar refractivity (Wildman–Crippen MR) is 116 cm³/mol. The molecule has 2 aliphatic heterocycles. The van der Waals surface area contributed by atoms with Gasteiger partial charge in [-0.3, -0.25) is 0 Å². The number of piperidine rings is 2. The highest BCUT2D eigenvalue weighted by atomic mass is 19.1. The van der Waals surface area contributed by atoms with Gasteiger partial charge in [-0.05, 0) is 44.7 Å². The van der Waals surface area contributed by atoms with E-state index < -0.39 is 17.8 Å². The summed E-state index contributed by atoms with van der Waals surface area (Å²) in [7, 11) is 0. The van der Waals surface area contributed by atoms with Gasteiger partial charge in [-0.2, -0.15) is 0 Å². The number of phenolic OH excluding ortho intramolecular Hbond substituents is 1. The van der Waals surface area contributed by atoms with E-state index in [1.165, 1.54) is 6.20 Å². The van der Waals surface area contributed by atoms with Crippen LogP contribution in [0.25, 0.3) is 17.1 Å². The lowest BCUT2D eigenvalue weighted by atomic mass is 9.65. The highest BCUT2D eigenvalue weighted by molar-refractivity contribution is 5.65. The van der Waals surface area contributed by atoms with Crippen molar-refractivity contribution in [3.8, 4) is 28.7 Å². The Hall–Kier alpha value is -3.07. The minimum absolute atomic E-state index is 0.0247. The van der Waals surface area contributed by atoms with Gasteiger partial charge >= 0.3 is 0 Å². The Balaban J connectivity index is 1.33. The summed E-state index contributed by atoms with van der Waals surface area (Å²) in [5.74, 6) is 0.922. The fourth-order valence-corrected chi connectivity index (χ4v) is 5.61. The molecule has 9 heteroatoms. The molecule has 0 saturated carbocycles. The summed E-state index contributed by atoms with van der Waals surface area (Å²) in [6.07, 6.45) is 7.03. The van der Waals surface area contributed by atoms with E-state index in [-0.39, 0.29) is 23.0 Å². The first kappa shape index (κ1) is 20.8. The number of fused-ring (bicyclic) bond motifs is 2. The van der Waals surface area contributed by atoms with Crippen molar-refractivity contribution in [3.05, 3.63) is 43.1 Å². The molecular weight excluding hydrogens is 411 g/mol. The number of ether oxygens (including phenoxy) is 1. The first-order valence-corrected chi connectivity index (χ1v) is 10.9. The number of benzene rings is 1. The molecule has 0 amide bonds. The summed E-state index contributed by atoms with van der Waals surface area (Å²) >= 11 is 0. The van der Waals surface area contributed by atoms with Gasteiger partial charge in [0.25, 0.3) is 5.88 Å². The molecule has 2 N–H and O–H groups in total. The Bertz CT molecular complexity index is 1110. The Morgan fingerprint density at radius 3 is 2.75 bits per heavy atom. The third-order valence-electron chi connectivity index (χ3n) is 6.58. The van der Waals surface area contributed by atoms with Crippen LogP contribution in [0.3, 0.4) is 0 Å². The lowest BCUT2D eigenvalue weighted by Gasteiger charge is -2.56. The molecule has 5 atom stereocenters. The normalized spacial score (nSPS) is 31.9. The van der Waals surface area contributed by atoms with E-state index in [9.17, 15) is 5.11 Å². The van der Waals surface area contributed by atoms with Crippen molar-refractivity contribution >= 4 is 0 Å². The largest absolute Gasteiger partial charge is 0.507 e. The van der Waals surface area contributed by atoms with Gasteiger partial charge in [0.05, 0.1) is 29.3 Å². The summed E-state index contributed by atoms with van der Waals surface area (Å²) in [5.41, 5.74) is 0.405. The van der Waals surface area contributed by atoms with Gasteiger partial charge in [-0.1, -0.05) is 6.92 Å². The topological polar surface area (TPSA) is 98.0 Å². The minimum atomic E-state index is -1.17. The lowest BCUT2D eigenvalue weighted by Crippen LogP contribution is -2.72. The smallest absolute Gasteiger partial charge is 0.252 e. The Morgan fingerprint density at radius 2 is 2.06 bits per heavy atom. The number of alkyl halides is 1. The number of nitrogens with one attached hydrogen (secondary N) is 1. The third kappa shape index (κ3) is 3.70. The molecule has 0 aliphatic carbocycles. The molecule has 2 bridgehead atoms. The standard InChI is InChI=1S/C23H27FN6O2/c1-14-9-22(2)11-18(20(24)23(3,10-14)29-22)32-19-12-26-21(28-27-19)16-5-4-15(8-17(16)31)30-7-6-25-13-30/h4-8,12-14,18,20,29,31H,9-11H2,1-3H3/t14-,18+,20-,22+,23-/m1/s1. The number of nitrogens with zero attached hydrogens (tertiary/aromatic N) is 5. The second kappa shape index (κ2) is 7.51. The van der Waals surface area contributed by atoms with Crippen molar-refractivity contribution in [2.75, 3.05) is 0 Å². The second-order valence-corrected chi connectivity index (χ2v) is 9.67. The third-order valence-corrected chi connectivity index (χ3v) is 6.58. The number of aromatic nitrogens is 5. The van der Waals surface area contributed by atoms with Gasteiger partial charge in [0.15, 0.2) is 12.0 Å². The van der Waals surface area contributed by atoms with Crippen LogP contribution in [0.15, 0.2) is 43.1 Å². The first-order chi connectivity index (χ1) is 15.2. The Morgan fingerprint density at radius 1 is 1.22 bits per heavy atom. The first-order valence-electron chi connectivity index (χ1n) is 10.9. The van der Waals surface area contributed by atoms with Gasteiger partial charge in [0.1, 0.15) is 11.9 Å². The monoisotopic (exact) mass is 438 g/mol. The van der Waals surface area contributed by atoms with Gasteiger partial charge < -0.3 is 19.7 Å². The van der Waals surface area contributed by atoms with E-state index in [0.717, 1.165) is 18.5 Å². The maximum Gasteiger partial charge on any atom is 0.252 e. The fourth-order valence-electron chi connectivity index (χ4n) is 5.61. The molecule has 2 aliphatic rings. The van der Waals surface area contributed by atoms with Crippen molar-refractivity contribution in [2.24, 2.45) is 5.92 Å². The van der Waals surface area contributed by atoms with Crippen molar-refractivity contribution in [3.63, 3.8) is 0 Å². The van der Waals surface area contributed by atoms with Crippen LogP contribution in [0.2, 0.25) is 0 Å². The van der Waals surface area contributed by atoms with Crippen molar-refractivity contribution in [2.45, 2.75) is 63.4 Å². The van der Waals surface area contributed by atoms with Gasteiger partial charge in [-0.15, -0.1) is 10.2 Å². The number of rotatable bonds is 4. The van der Waals surface area contributed by atoms with Crippen LogP contribution >= 0.6 is 0 Å². The molecule has 2 saturated heterocycles. The summed E-state index contributed by atoms with van der Waals surface area (Å²) < 4.78 is 23.1. The summed E-state index contributed by atoms with van der Waals surface area (Å²) in [5, 5.41) is 22.2. The molecule has 0 radical (unpaired) electrons. The van der Waals surface area contributed by atoms with E-state index in [2.05, 4.69) is 39.3 Å². The van der Waals surface area contributed by atoms with Crippen molar-refractivity contribution < 1.29 is 14.2 Å². The number of imidazole rings is 1. The Labute approximate surface area is 185 Å². The van der Waals surface area contributed by atoms with E-state index in [4.69, 9.17) is 4.74 Å². The number of hydrogen-bond donors (Lipinski definition) is 2. The molecule has 0 spiro atoms. The van der Waals surface area contributed by atoms with Gasteiger partial charge in [0, 0.05) is 30.4 Å². The number of aromatic hydroxyl groups is 1. The molecule has 168 valence electrons. The van der Waals surface area contributed by atoms with Gasteiger partial charge in [-0.25, -0.2) is 14.4 Å². The summed E-state index contributed by atoms with van der Waals surface area (Å²) in [4.78, 5) is 8.30. The van der Waals surface area contributed by atoms with Crippen LogP contribution in [0.4, 0.5) is 4.39 Å². The van der Waals surface area contributed by atoms with Crippen LogP contribution < -0.4 is 10.1 Å². The molecule has 32 heavy (non-hydrogen) atoms. The predicted octanol–water partition coefficient (Wildman–Crippen LogP) is 3.46. The SMILES string of the molecule is C[C@@H]1C[C@@]2(C)C[C@H](Oc3cnc(-c4ccc(-n5ccnc5)cc4O)nn3)[C@@H](F)[C@@](C)(C1)N2. The molecule has 0 unspecified atom stereocenters. The van der Waals surface area contributed by atoms with Crippen LogP contribution in [-0.2, 0) is 0 Å². The van der Waals surface area contributed by atoms with Crippen LogP contribution in [-0.4, -0.2) is 53.2 Å². The quantitative estimate of drug-likeness (QED) is 0.644. The Kier molecular flexibility index (Phi) is 4.88. The van der Waals surface area contributed by atoms with Crippen molar-refractivity contribution in [1.82, 2.24) is 30.0 Å². The maximum atomic E-state index is 15.4. The highest BCUT2D eigenvalue weighted by Gasteiger charge is 2.55. The molecule has 2 fully saturated rings. The zero-order valence-corrected chi connectivity index (χ0v) is 18.4.